The molecule has 1 aromatic carbocycles. The normalized spacial score (nSPS) is 11.9. The molecule has 0 spiro atoms. The van der Waals surface area contributed by atoms with Crippen molar-refractivity contribution in [2.24, 2.45) is 0 Å². The lowest BCUT2D eigenvalue weighted by Crippen LogP contribution is -2.44. The molecule has 0 bridgehead atoms. The molecule has 0 N–H and O–H groups in total. The fourth-order valence-corrected chi connectivity index (χ4v) is 6.90. The van der Waals surface area contributed by atoms with Crippen LogP contribution in [0.1, 0.15) is 219 Å². The molecule has 0 aromatic heterocycles. The maximum Gasteiger partial charge on any atom is 0.132 e. The van der Waals surface area contributed by atoms with Crippen molar-refractivity contribution in [2.75, 3.05) is 13.1 Å². The van der Waals surface area contributed by atoms with Crippen LogP contribution in [-0.2, 0) is 0 Å². The molecule has 0 atom stereocenters. The van der Waals surface area contributed by atoms with Crippen molar-refractivity contribution in [2.45, 2.75) is 219 Å². The van der Waals surface area contributed by atoms with Gasteiger partial charge in [0, 0.05) is 0 Å². The third-order valence-electron chi connectivity index (χ3n) is 9.97. The Morgan fingerprint density at radius 2 is 0.568 bits per heavy atom. The molecule has 2 heteroatoms. The van der Waals surface area contributed by atoms with Crippen molar-refractivity contribution in [1.29, 1.82) is 0 Å². The van der Waals surface area contributed by atoms with Gasteiger partial charge in [-0.2, -0.15) is 0 Å². The first-order chi connectivity index (χ1) is 21.7. The second-order valence-corrected chi connectivity index (χ2v) is 14.3. The van der Waals surface area contributed by atoms with Crippen LogP contribution in [0.4, 0.5) is 5.69 Å². The van der Waals surface area contributed by atoms with Crippen LogP contribution in [0.5, 0.6) is 0 Å². The SMILES string of the molecule is CCCCCCCCCCCCCCCCCC[N+]([O-])(CCCCCCCCCCCCCCCCCC)c1ccccc1. The minimum Gasteiger partial charge on any atom is -0.627 e. The number of hydrogen-bond acceptors (Lipinski definition) is 1. The van der Waals surface area contributed by atoms with Crippen LogP contribution in [0.2, 0.25) is 0 Å². The highest BCUT2D eigenvalue weighted by atomic mass is 16.5. The second-order valence-electron chi connectivity index (χ2n) is 14.3. The fraction of sp³-hybridized carbons (Fsp3) is 0.857. The number of unbranched alkanes of at least 4 members (excludes halogenated alkanes) is 30. The van der Waals surface area contributed by atoms with Crippen molar-refractivity contribution in [3.05, 3.63) is 35.5 Å². The Hall–Kier alpha value is -0.860. The van der Waals surface area contributed by atoms with E-state index in [2.05, 4.69) is 26.0 Å². The van der Waals surface area contributed by atoms with Gasteiger partial charge in [-0.15, -0.1) is 0 Å². The third kappa shape index (κ3) is 25.3. The van der Waals surface area contributed by atoms with Crippen molar-refractivity contribution in [3.63, 3.8) is 0 Å². The number of nitrogens with zero attached hydrogens (tertiary/aromatic N) is 1. The molecule has 0 aliphatic rings. The summed E-state index contributed by atoms with van der Waals surface area (Å²) in [6, 6.07) is 10.2. The zero-order chi connectivity index (χ0) is 31.7. The molecule has 44 heavy (non-hydrogen) atoms. The Labute approximate surface area is 277 Å². The highest BCUT2D eigenvalue weighted by Crippen LogP contribution is 2.25. The van der Waals surface area contributed by atoms with Crippen molar-refractivity contribution >= 4 is 5.69 Å². The summed E-state index contributed by atoms with van der Waals surface area (Å²) in [7, 11) is 0. The van der Waals surface area contributed by atoms with Gasteiger partial charge >= 0.3 is 0 Å². The van der Waals surface area contributed by atoms with Crippen LogP contribution in [0.25, 0.3) is 0 Å². The van der Waals surface area contributed by atoms with Crippen LogP contribution < -0.4 is 4.65 Å². The first-order valence-corrected chi connectivity index (χ1v) is 20.4. The molecule has 1 aromatic rings. The minimum atomic E-state index is -0.113. The number of rotatable bonds is 35. The topological polar surface area (TPSA) is 23.1 Å². The summed E-state index contributed by atoms with van der Waals surface area (Å²) < 4.78 is -0.113. The summed E-state index contributed by atoms with van der Waals surface area (Å²) >= 11 is 0. The largest absolute Gasteiger partial charge is 0.627 e. The molecule has 0 fully saturated rings. The monoisotopic (exact) mass is 614 g/mol. The van der Waals surface area contributed by atoms with E-state index in [1.807, 2.05) is 18.2 Å². The summed E-state index contributed by atoms with van der Waals surface area (Å²) in [5, 5.41) is 13.9. The standard InChI is InChI=1S/C42H79NO/c1-3-5-7-9-11-13-15-17-19-21-23-25-27-29-31-36-40-43(44,42-38-34-33-35-39-42)41-37-32-30-28-26-24-22-20-18-16-14-12-10-8-6-4-2/h33-35,38-39H,3-32,36-37,40-41H2,1-2H3. The summed E-state index contributed by atoms with van der Waals surface area (Å²) in [5.41, 5.74) is 0.967. The third-order valence-corrected chi connectivity index (χ3v) is 9.97. The average Bonchev–Trinajstić information content (AvgIpc) is 3.04. The van der Waals surface area contributed by atoms with E-state index in [1.165, 1.54) is 193 Å². The molecule has 258 valence electrons. The predicted octanol–water partition coefficient (Wildman–Crippen LogP) is 15.0. The van der Waals surface area contributed by atoms with Gasteiger partial charge in [0.05, 0.1) is 13.1 Å². The lowest BCUT2D eigenvalue weighted by molar-refractivity contribution is 0.345. The van der Waals surface area contributed by atoms with E-state index in [9.17, 15) is 5.21 Å². The Kier molecular flexibility index (Phi) is 30.0. The summed E-state index contributed by atoms with van der Waals surface area (Å²) in [6.45, 7) is 6.10. The Morgan fingerprint density at radius 3 is 0.818 bits per heavy atom. The van der Waals surface area contributed by atoms with Crippen molar-refractivity contribution in [1.82, 2.24) is 4.65 Å². The van der Waals surface area contributed by atoms with E-state index >= 15 is 0 Å². The van der Waals surface area contributed by atoms with Crippen molar-refractivity contribution < 1.29 is 0 Å². The molecular weight excluding hydrogens is 534 g/mol. The Balaban J connectivity index is 2.03. The molecule has 0 aliphatic carbocycles. The second kappa shape index (κ2) is 32.1. The number of hydrogen-bond donors (Lipinski definition) is 0. The Bertz CT molecular complexity index is 638. The molecule has 0 heterocycles. The van der Waals surface area contributed by atoms with Gasteiger partial charge in [0.2, 0.25) is 0 Å². The van der Waals surface area contributed by atoms with Gasteiger partial charge in [-0.1, -0.05) is 212 Å². The molecule has 0 amide bonds. The maximum atomic E-state index is 13.9. The van der Waals surface area contributed by atoms with Crippen LogP contribution in [-0.4, -0.2) is 13.1 Å². The molecular formula is C42H79NO. The minimum absolute atomic E-state index is 0.113. The smallest absolute Gasteiger partial charge is 0.132 e. The van der Waals surface area contributed by atoms with E-state index in [-0.39, 0.29) is 4.65 Å². The molecule has 0 saturated heterocycles. The molecule has 1 rings (SSSR count). The summed E-state index contributed by atoms with van der Waals surface area (Å²) in [6.07, 6.45) is 44.0. The van der Waals surface area contributed by atoms with Crippen LogP contribution in [0.3, 0.4) is 0 Å². The molecule has 0 unspecified atom stereocenters. The first kappa shape index (κ1) is 41.2. The number of benzene rings is 1. The Morgan fingerprint density at radius 1 is 0.341 bits per heavy atom. The van der Waals surface area contributed by atoms with E-state index in [0.717, 1.165) is 31.6 Å². The number of para-hydroxylation sites is 1. The predicted molar refractivity (Wildman–Crippen MR) is 200 cm³/mol. The molecule has 0 radical (unpaired) electrons. The van der Waals surface area contributed by atoms with Gasteiger partial charge in [-0.05, 0) is 37.8 Å². The van der Waals surface area contributed by atoms with Crippen molar-refractivity contribution in [3.8, 4) is 0 Å². The van der Waals surface area contributed by atoms with Gasteiger partial charge in [0.1, 0.15) is 5.69 Å². The van der Waals surface area contributed by atoms with Gasteiger partial charge in [0.25, 0.3) is 0 Å². The molecule has 0 saturated carbocycles. The van der Waals surface area contributed by atoms with Crippen LogP contribution >= 0.6 is 0 Å². The van der Waals surface area contributed by atoms with E-state index in [1.54, 1.807) is 0 Å². The lowest BCUT2D eigenvalue weighted by atomic mass is 10.0. The average molecular weight is 614 g/mol. The zero-order valence-electron chi connectivity index (χ0n) is 30.3. The fourth-order valence-electron chi connectivity index (χ4n) is 6.90. The van der Waals surface area contributed by atoms with E-state index in [0.29, 0.717) is 0 Å². The van der Waals surface area contributed by atoms with Gasteiger partial charge in [-0.3, -0.25) is 0 Å². The maximum absolute atomic E-state index is 13.9. The van der Waals surface area contributed by atoms with E-state index < -0.39 is 0 Å². The summed E-state index contributed by atoms with van der Waals surface area (Å²) in [5.74, 6) is 0. The highest BCUT2D eigenvalue weighted by Gasteiger charge is 2.19. The van der Waals surface area contributed by atoms with Gasteiger partial charge in [-0.25, -0.2) is 0 Å². The molecule has 2 nitrogen and oxygen atoms in total. The van der Waals surface area contributed by atoms with Crippen LogP contribution in [0.15, 0.2) is 30.3 Å². The van der Waals surface area contributed by atoms with Gasteiger partial charge in [0.15, 0.2) is 0 Å². The number of hydroxylamine groups is 2. The summed E-state index contributed by atoms with van der Waals surface area (Å²) in [4.78, 5) is 0. The molecule has 0 aliphatic heterocycles. The highest BCUT2D eigenvalue weighted by molar-refractivity contribution is 5.43. The number of quaternary nitrogens is 1. The zero-order valence-corrected chi connectivity index (χ0v) is 30.3. The van der Waals surface area contributed by atoms with Gasteiger partial charge < -0.3 is 9.85 Å². The van der Waals surface area contributed by atoms with E-state index in [4.69, 9.17) is 0 Å². The lowest BCUT2D eigenvalue weighted by Gasteiger charge is -2.42. The quantitative estimate of drug-likeness (QED) is 0.0424. The van der Waals surface area contributed by atoms with Crippen LogP contribution in [0, 0.1) is 5.21 Å². The first-order valence-electron chi connectivity index (χ1n) is 20.4.